The summed E-state index contributed by atoms with van der Waals surface area (Å²) in [6.45, 7) is 0. The first-order chi connectivity index (χ1) is 8.75. The van der Waals surface area contributed by atoms with Crippen LogP contribution < -0.4 is 0 Å². The van der Waals surface area contributed by atoms with Gasteiger partial charge in [0.2, 0.25) is 0 Å². The number of aromatic nitrogens is 3. The number of rotatable bonds is 2. The number of nitrogens with zero attached hydrogens (tertiary/aromatic N) is 3. The van der Waals surface area contributed by atoms with Gasteiger partial charge in [-0.15, -0.1) is 0 Å². The van der Waals surface area contributed by atoms with E-state index in [2.05, 4.69) is 15.0 Å². The molecule has 0 fully saturated rings. The molecule has 18 heavy (non-hydrogen) atoms. The molecule has 6 nitrogen and oxygen atoms in total. The molecule has 0 aliphatic heterocycles. The number of aromatic amines is 1. The second-order valence-electron chi connectivity index (χ2n) is 3.77. The molecule has 0 aliphatic carbocycles. The third-order valence-electron chi connectivity index (χ3n) is 2.68. The van der Waals surface area contributed by atoms with Crippen LogP contribution in [-0.4, -0.2) is 19.9 Å². The van der Waals surface area contributed by atoms with Gasteiger partial charge >= 0.3 is 0 Å². The number of H-pyrrole nitrogens is 1. The van der Waals surface area contributed by atoms with Gasteiger partial charge in [-0.05, 0) is 6.07 Å². The molecule has 0 spiro atoms. The number of hydrogen-bond acceptors (Lipinski definition) is 4. The number of nitrogens with one attached hydrogen (secondary N) is 1. The summed E-state index contributed by atoms with van der Waals surface area (Å²) in [5.41, 5.74) is 2.16. The SMILES string of the molecule is O=[N+]([O-])c1cccc(-c2ncnc3[nH]ccc23)c1. The van der Waals surface area contributed by atoms with Crippen molar-refractivity contribution < 1.29 is 4.92 Å². The Kier molecular flexibility index (Phi) is 2.26. The molecule has 0 atom stereocenters. The van der Waals surface area contributed by atoms with Crippen LogP contribution in [0.15, 0.2) is 42.9 Å². The minimum absolute atomic E-state index is 0.0507. The third-order valence-corrected chi connectivity index (χ3v) is 2.68. The highest BCUT2D eigenvalue weighted by molar-refractivity contribution is 5.90. The molecular formula is C12H8N4O2. The van der Waals surface area contributed by atoms with Crippen LogP contribution in [0.1, 0.15) is 0 Å². The fourth-order valence-electron chi connectivity index (χ4n) is 1.87. The maximum absolute atomic E-state index is 10.8. The van der Waals surface area contributed by atoms with Gasteiger partial charge in [0.15, 0.2) is 0 Å². The van der Waals surface area contributed by atoms with Gasteiger partial charge in [-0.2, -0.15) is 0 Å². The zero-order valence-corrected chi connectivity index (χ0v) is 9.20. The lowest BCUT2D eigenvalue weighted by atomic mass is 10.1. The zero-order chi connectivity index (χ0) is 12.5. The molecule has 0 saturated carbocycles. The minimum Gasteiger partial charge on any atom is -0.346 e. The average molecular weight is 240 g/mol. The van der Waals surface area contributed by atoms with Gasteiger partial charge < -0.3 is 4.98 Å². The van der Waals surface area contributed by atoms with E-state index in [1.807, 2.05) is 6.07 Å². The molecule has 2 aromatic heterocycles. The van der Waals surface area contributed by atoms with Crippen LogP contribution in [0, 0.1) is 10.1 Å². The van der Waals surface area contributed by atoms with Crippen molar-refractivity contribution in [2.24, 2.45) is 0 Å². The van der Waals surface area contributed by atoms with Crippen molar-refractivity contribution in [3.8, 4) is 11.3 Å². The summed E-state index contributed by atoms with van der Waals surface area (Å²) < 4.78 is 0. The van der Waals surface area contributed by atoms with Gasteiger partial charge in [0.05, 0.1) is 10.6 Å². The molecule has 0 radical (unpaired) electrons. The van der Waals surface area contributed by atoms with Crippen LogP contribution in [0.5, 0.6) is 0 Å². The molecule has 0 bridgehead atoms. The molecule has 3 aromatic rings. The highest BCUT2D eigenvalue weighted by Crippen LogP contribution is 2.27. The smallest absolute Gasteiger partial charge is 0.270 e. The van der Waals surface area contributed by atoms with E-state index in [1.54, 1.807) is 18.3 Å². The summed E-state index contributed by atoms with van der Waals surface area (Å²) in [5, 5.41) is 11.6. The van der Waals surface area contributed by atoms with Gasteiger partial charge in [-0.3, -0.25) is 10.1 Å². The topological polar surface area (TPSA) is 84.7 Å². The van der Waals surface area contributed by atoms with Crippen molar-refractivity contribution in [2.75, 3.05) is 0 Å². The summed E-state index contributed by atoms with van der Waals surface area (Å²) in [5.74, 6) is 0. The molecule has 0 saturated heterocycles. The molecule has 0 amide bonds. The Morgan fingerprint density at radius 2 is 2.11 bits per heavy atom. The van der Waals surface area contributed by atoms with E-state index < -0.39 is 4.92 Å². The molecule has 1 N–H and O–H groups in total. The van der Waals surface area contributed by atoms with Crippen molar-refractivity contribution in [3.63, 3.8) is 0 Å². The molecule has 88 valence electrons. The number of nitro groups is 1. The Hall–Kier alpha value is -2.76. The van der Waals surface area contributed by atoms with Crippen molar-refractivity contribution in [3.05, 3.63) is 53.0 Å². The lowest BCUT2D eigenvalue weighted by Gasteiger charge is -2.01. The van der Waals surface area contributed by atoms with Crippen molar-refractivity contribution in [1.29, 1.82) is 0 Å². The number of hydrogen-bond donors (Lipinski definition) is 1. The number of benzene rings is 1. The van der Waals surface area contributed by atoms with E-state index in [4.69, 9.17) is 0 Å². The number of non-ortho nitro benzene ring substituents is 1. The highest BCUT2D eigenvalue weighted by Gasteiger charge is 2.11. The fraction of sp³-hybridized carbons (Fsp3) is 0. The van der Waals surface area contributed by atoms with Crippen LogP contribution in [0.25, 0.3) is 22.3 Å². The van der Waals surface area contributed by atoms with E-state index >= 15 is 0 Å². The van der Waals surface area contributed by atoms with Crippen LogP contribution in [0.3, 0.4) is 0 Å². The first kappa shape index (κ1) is 10.4. The zero-order valence-electron chi connectivity index (χ0n) is 9.20. The number of nitro benzene ring substituents is 1. The standard InChI is InChI=1S/C12H8N4O2/c17-16(18)9-3-1-2-8(6-9)11-10-4-5-13-12(10)15-7-14-11/h1-7H,(H,13,14,15). The predicted octanol–water partition coefficient (Wildman–Crippen LogP) is 2.53. The van der Waals surface area contributed by atoms with E-state index in [0.717, 1.165) is 5.39 Å². The van der Waals surface area contributed by atoms with E-state index in [1.165, 1.54) is 18.5 Å². The van der Waals surface area contributed by atoms with Gasteiger partial charge in [0.25, 0.3) is 5.69 Å². The molecule has 0 unspecified atom stereocenters. The normalized spacial score (nSPS) is 10.7. The maximum Gasteiger partial charge on any atom is 0.270 e. The van der Waals surface area contributed by atoms with Gasteiger partial charge in [0, 0.05) is 29.3 Å². The Balaban J connectivity index is 2.23. The lowest BCUT2D eigenvalue weighted by molar-refractivity contribution is -0.384. The van der Waals surface area contributed by atoms with Crippen molar-refractivity contribution in [2.45, 2.75) is 0 Å². The average Bonchev–Trinajstić information content (AvgIpc) is 2.87. The molecule has 1 aromatic carbocycles. The first-order valence-electron chi connectivity index (χ1n) is 5.28. The molecule has 6 heteroatoms. The predicted molar refractivity (Wildman–Crippen MR) is 66.0 cm³/mol. The second kappa shape index (κ2) is 3.92. The fourth-order valence-corrected chi connectivity index (χ4v) is 1.87. The molecule has 2 heterocycles. The Morgan fingerprint density at radius 3 is 2.94 bits per heavy atom. The first-order valence-corrected chi connectivity index (χ1v) is 5.28. The van der Waals surface area contributed by atoms with Crippen LogP contribution >= 0.6 is 0 Å². The monoisotopic (exact) mass is 240 g/mol. The van der Waals surface area contributed by atoms with Crippen LogP contribution in [0.2, 0.25) is 0 Å². The highest BCUT2D eigenvalue weighted by atomic mass is 16.6. The van der Waals surface area contributed by atoms with E-state index in [-0.39, 0.29) is 5.69 Å². The summed E-state index contributed by atoms with van der Waals surface area (Å²) in [6, 6.07) is 8.26. The maximum atomic E-state index is 10.8. The Morgan fingerprint density at radius 1 is 1.22 bits per heavy atom. The van der Waals surface area contributed by atoms with E-state index in [9.17, 15) is 10.1 Å². The van der Waals surface area contributed by atoms with Gasteiger partial charge in [-0.25, -0.2) is 9.97 Å². The number of fused-ring (bicyclic) bond motifs is 1. The quantitative estimate of drug-likeness (QED) is 0.551. The molecule has 3 rings (SSSR count). The Bertz CT molecular complexity index is 736. The summed E-state index contributed by atoms with van der Waals surface area (Å²) >= 11 is 0. The molecule has 0 aliphatic rings. The van der Waals surface area contributed by atoms with Crippen LogP contribution in [0.4, 0.5) is 5.69 Å². The summed E-state index contributed by atoms with van der Waals surface area (Å²) in [6.07, 6.45) is 3.20. The van der Waals surface area contributed by atoms with E-state index in [0.29, 0.717) is 16.9 Å². The lowest BCUT2D eigenvalue weighted by Crippen LogP contribution is -1.90. The van der Waals surface area contributed by atoms with Gasteiger partial charge in [0.1, 0.15) is 12.0 Å². The van der Waals surface area contributed by atoms with Crippen molar-refractivity contribution in [1.82, 2.24) is 15.0 Å². The van der Waals surface area contributed by atoms with Crippen molar-refractivity contribution >= 4 is 16.7 Å². The summed E-state index contributed by atoms with van der Waals surface area (Å²) in [4.78, 5) is 21.6. The third kappa shape index (κ3) is 1.60. The second-order valence-corrected chi connectivity index (χ2v) is 3.77. The summed E-state index contributed by atoms with van der Waals surface area (Å²) in [7, 11) is 0. The van der Waals surface area contributed by atoms with Crippen LogP contribution in [-0.2, 0) is 0 Å². The minimum atomic E-state index is -0.418. The molecular weight excluding hydrogens is 232 g/mol. The largest absolute Gasteiger partial charge is 0.346 e. The Labute approximate surface area is 101 Å². The van der Waals surface area contributed by atoms with Gasteiger partial charge in [-0.1, -0.05) is 12.1 Å².